The van der Waals surface area contributed by atoms with Gasteiger partial charge < -0.3 is 24.9 Å². The zero-order valence-corrected chi connectivity index (χ0v) is 19.0. The normalized spacial score (nSPS) is 17.0. The predicted octanol–water partition coefficient (Wildman–Crippen LogP) is 2.66. The molecular weight excluding hydrogens is 445 g/mol. The molecular formula is C22H26N5O5P. The van der Waals surface area contributed by atoms with Gasteiger partial charge in [0.15, 0.2) is 5.76 Å². The SMILES string of the molecule is C=N/C=C(\C=N/C)Cc1ccc(Cc2cc(C3=CC=CN(COP(=O)(O)O)C3N)on2)cc1. The highest BCUT2D eigenvalue weighted by molar-refractivity contribution is 7.46. The maximum atomic E-state index is 11.0. The van der Waals surface area contributed by atoms with Crippen molar-refractivity contribution in [1.82, 2.24) is 10.1 Å². The molecule has 0 spiro atoms. The summed E-state index contributed by atoms with van der Waals surface area (Å²) in [4.78, 5) is 27.1. The van der Waals surface area contributed by atoms with E-state index in [4.69, 9.17) is 20.0 Å². The van der Waals surface area contributed by atoms with Crippen LogP contribution >= 0.6 is 7.82 Å². The topological polar surface area (TPSA) is 147 Å². The van der Waals surface area contributed by atoms with Gasteiger partial charge in [-0.3, -0.25) is 14.5 Å². The lowest BCUT2D eigenvalue weighted by Gasteiger charge is -2.30. The van der Waals surface area contributed by atoms with E-state index in [-0.39, 0.29) is 6.73 Å². The van der Waals surface area contributed by atoms with Crippen LogP contribution in [-0.4, -0.2) is 52.7 Å². The molecule has 0 fully saturated rings. The quantitative estimate of drug-likeness (QED) is 0.354. The van der Waals surface area contributed by atoms with E-state index < -0.39 is 14.0 Å². The summed E-state index contributed by atoms with van der Waals surface area (Å²) >= 11 is 0. The van der Waals surface area contributed by atoms with E-state index in [9.17, 15) is 4.57 Å². The maximum absolute atomic E-state index is 11.0. The summed E-state index contributed by atoms with van der Waals surface area (Å²) in [7, 11) is -2.89. The summed E-state index contributed by atoms with van der Waals surface area (Å²) < 4.78 is 21.0. The fraction of sp³-hybridized carbons (Fsp3) is 0.227. The molecule has 0 aliphatic carbocycles. The van der Waals surface area contributed by atoms with Gasteiger partial charge in [0.2, 0.25) is 0 Å². The van der Waals surface area contributed by atoms with Gasteiger partial charge in [-0.05, 0) is 29.5 Å². The van der Waals surface area contributed by atoms with Gasteiger partial charge in [0.05, 0.1) is 5.69 Å². The van der Waals surface area contributed by atoms with Crippen LogP contribution in [0, 0.1) is 0 Å². The van der Waals surface area contributed by atoms with Crippen LogP contribution in [0.3, 0.4) is 0 Å². The van der Waals surface area contributed by atoms with E-state index in [0.29, 0.717) is 24.2 Å². The van der Waals surface area contributed by atoms with Crippen molar-refractivity contribution in [3.8, 4) is 0 Å². The molecule has 33 heavy (non-hydrogen) atoms. The molecule has 2 aromatic rings. The second-order valence-electron chi connectivity index (χ2n) is 7.30. The number of rotatable bonds is 10. The molecule has 11 heteroatoms. The highest BCUT2D eigenvalue weighted by Gasteiger charge is 2.25. The zero-order chi connectivity index (χ0) is 23.8. The third-order valence-electron chi connectivity index (χ3n) is 4.82. The summed E-state index contributed by atoms with van der Waals surface area (Å²) in [5.74, 6) is 0.477. The second-order valence-corrected chi connectivity index (χ2v) is 8.54. The molecule has 1 atom stereocenters. The lowest BCUT2D eigenvalue weighted by molar-refractivity contribution is 0.110. The highest BCUT2D eigenvalue weighted by Crippen LogP contribution is 2.36. The number of aromatic nitrogens is 1. The summed E-state index contributed by atoms with van der Waals surface area (Å²) in [5.41, 5.74) is 10.7. The Morgan fingerprint density at radius 3 is 2.76 bits per heavy atom. The number of allylic oxidation sites excluding steroid dienone is 3. The van der Waals surface area contributed by atoms with E-state index >= 15 is 0 Å². The smallest absolute Gasteiger partial charge is 0.356 e. The number of aliphatic imine (C=N–C) groups is 2. The van der Waals surface area contributed by atoms with Gasteiger partial charge in [0.1, 0.15) is 12.9 Å². The fourth-order valence-electron chi connectivity index (χ4n) is 3.28. The first kappa shape index (κ1) is 24.5. The van der Waals surface area contributed by atoms with Gasteiger partial charge in [-0.2, -0.15) is 0 Å². The number of nitrogens with zero attached hydrogens (tertiary/aromatic N) is 4. The molecule has 1 aromatic heterocycles. The molecule has 0 bridgehead atoms. The van der Waals surface area contributed by atoms with Gasteiger partial charge in [0.25, 0.3) is 0 Å². The van der Waals surface area contributed by atoms with Crippen molar-refractivity contribution in [3.05, 3.63) is 83.0 Å². The Bertz CT molecular complexity index is 1130. The Hall–Kier alpha value is -3.14. The van der Waals surface area contributed by atoms with Crippen molar-refractivity contribution < 1.29 is 23.4 Å². The third-order valence-corrected chi connectivity index (χ3v) is 5.27. The molecule has 3 rings (SSSR count). The van der Waals surface area contributed by atoms with Gasteiger partial charge in [-0.1, -0.05) is 35.5 Å². The molecule has 1 aliphatic rings. The maximum Gasteiger partial charge on any atom is 0.471 e. The van der Waals surface area contributed by atoms with Crippen LogP contribution in [0.1, 0.15) is 22.6 Å². The van der Waals surface area contributed by atoms with Crippen molar-refractivity contribution in [2.45, 2.75) is 19.0 Å². The van der Waals surface area contributed by atoms with Crippen molar-refractivity contribution >= 4 is 26.3 Å². The second kappa shape index (κ2) is 11.1. The molecule has 1 unspecified atom stereocenters. The first-order chi connectivity index (χ1) is 15.8. The Balaban J connectivity index is 1.64. The molecule has 0 saturated heterocycles. The molecule has 4 N–H and O–H groups in total. The Morgan fingerprint density at radius 2 is 2.09 bits per heavy atom. The largest absolute Gasteiger partial charge is 0.471 e. The van der Waals surface area contributed by atoms with Crippen LogP contribution in [0.5, 0.6) is 0 Å². The molecule has 1 aromatic carbocycles. The number of phosphoric ester groups is 1. The number of hydrogen-bond acceptors (Lipinski definition) is 8. The van der Waals surface area contributed by atoms with Crippen molar-refractivity contribution in [3.63, 3.8) is 0 Å². The zero-order valence-electron chi connectivity index (χ0n) is 18.1. The number of phosphoric acid groups is 1. The van der Waals surface area contributed by atoms with Gasteiger partial charge in [0, 0.05) is 50.1 Å². The van der Waals surface area contributed by atoms with Crippen LogP contribution in [0.2, 0.25) is 0 Å². The standard InChI is InChI=1S/C22H26N5O5P/c1-24-13-18(14-25-2)10-16-5-7-17(8-6-16)11-19-12-21(32-26-19)20-4-3-9-27(22(20)23)15-31-33(28,29)30/h3-9,12-14,22H,1,10-11,15,23H2,2H3,(H2,28,29,30)/b18-13-,25-14-. The van der Waals surface area contributed by atoms with Crippen LogP contribution in [0.4, 0.5) is 0 Å². The average Bonchev–Trinajstić information content (AvgIpc) is 3.22. The Morgan fingerprint density at radius 1 is 1.36 bits per heavy atom. The van der Waals surface area contributed by atoms with Crippen molar-refractivity contribution in [1.29, 1.82) is 0 Å². The molecule has 0 saturated carbocycles. The van der Waals surface area contributed by atoms with Crippen LogP contribution in [-0.2, 0) is 21.9 Å². The first-order valence-electron chi connectivity index (χ1n) is 9.99. The van der Waals surface area contributed by atoms with E-state index in [0.717, 1.165) is 22.4 Å². The van der Waals surface area contributed by atoms with Crippen LogP contribution in [0.15, 0.2) is 75.0 Å². The van der Waals surface area contributed by atoms with Crippen LogP contribution < -0.4 is 5.73 Å². The minimum Gasteiger partial charge on any atom is -0.356 e. The summed E-state index contributed by atoms with van der Waals surface area (Å²) in [6.07, 6.45) is 9.06. The Kier molecular flexibility index (Phi) is 8.26. The predicted molar refractivity (Wildman–Crippen MR) is 126 cm³/mol. The fourth-order valence-corrected chi connectivity index (χ4v) is 3.56. The van der Waals surface area contributed by atoms with E-state index in [1.54, 1.807) is 43.9 Å². The molecule has 10 nitrogen and oxygen atoms in total. The minimum atomic E-state index is -4.61. The number of hydrogen-bond donors (Lipinski definition) is 3. The summed E-state index contributed by atoms with van der Waals surface area (Å²) in [6, 6.07) is 9.94. The van der Waals surface area contributed by atoms with E-state index in [1.165, 1.54) is 4.90 Å². The lowest BCUT2D eigenvalue weighted by atomic mass is 10.0. The Labute approximate surface area is 191 Å². The summed E-state index contributed by atoms with van der Waals surface area (Å²) in [5, 5.41) is 4.14. The van der Waals surface area contributed by atoms with Gasteiger partial charge in [-0.15, -0.1) is 0 Å². The molecule has 174 valence electrons. The highest BCUT2D eigenvalue weighted by atomic mass is 31.2. The first-order valence-corrected chi connectivity index (χ1v) is 11.5. The minimum absolute atomic E-state index is 0.365. The van der Waals surface area contributed by atoms with Gasteiger partial charge >= 0.3 is 7.82 Å². The lowest BCUT2D eigenvalue weighted by Crippen LogP contribution is -2.41. The van der Waals surface area contributed by atoms with E-state index in [1.807, 2.05) is 24.3 Å². The number of benzene rings is 1. The van der Waals surface area contributed by atoms with E-state index in [2.05, 4.69) is 26.4 Å². The van der Waals surface area contributed by atoms with Gasteiger partial charge in [-0.25, -0.2) is 4.57 Å². The molecule has 0 amide bonds. The number of nitrogens with two attached hydrogens (primary N) is 1. The molecule has 0 radical (unpaired) electrons. The summed E-state index contributed by atoms with van der Waals surface area (Å²) in [6.45, 7) is 3.12. The monoisotopic (exact) mass is 471 g/mol. The third kappa shape index (κ3) is 7.18. The molecule has 2 heterocycles. The molecule has 1 aliphatic heterocycles. The average molecular weight is 471 g/mol. The van der Waals surface area contributed by atoms with Crippen molar-refractivity contribution in [2.75, 3.05) is 13.8 Å². The van der Waals surface area contributed by atoms with Crippen LogP contribution in [0.25, 0.3) is 5.57 Å². The van der Waals surface area contributed by atoms with Crippen molar-refractivity contribution in [2.24, 2.45) is 15.7 Å².